The third kappa shape index (κ3) is 2.88. The van der Waals surface area contributed by atoms with E-state index in [1.165, 1.54) is 18.2 Å². The van der Waals surface area contributed by atoms with E-state index in [0.29, 0.717) is 16.8 Å². The zero-order valence-electron chi connectivity index (χ0n) is 11.0. The van der Waals surface area contributed by atoms with Gasteiger partial charge in [0.15, 0.2) is 0 Å². The number of rotatable bonds is 4. The molecule has 0 saturated carbocycles. The third-order valence-electron chi connectivity index (χ3n) is 3.11. The highest BCUT2D eigenvalue weighted by molar-refractivity contribution is 5.95. The molecule has 0 aliphatic rings. The summed E-state index contributed by atoms with van der Waals surface area (Å²) >= 11 is 0. The van der Waals surface area contributed by atoms with Crippen molar-refractivity contribution in [3.8, 4) is 5.75 Å². The predicted octanol–water partition coefficient (Wildman–Crippen LogP) is 2.55. The molecule has 0 aromatic heterocycles. The van der Waals surface area contributed by atoms with E-state index in [9.17, 15) is 14.3 Å². The molecule has 2 rings (SSSR count). The number of phenols is 1. The number of carbonyl (C=O) groups excluding carboxylic acids is 1. The van der Waals surface area contributed by atoms with Crippen LogP contribution in [0.25, 0.3) is 0 Å². The SMILES string of the molecule is Cc1c(NCc2cc(F)ccc2O)cccc1C(N)=O. The molecular formula is C15H15FN2O2. The largest absolute Gasteiger partial charge is 0.508 e. The lowest BCUT2D eigenvalue weighted by atomic mass is 10.1. The number of aromatic hydroxyl groups is 1. The van der Waals surface area contributed by atoms with E-state index in [0.717, 1.165) is 5.56 Å². The van der Waals surface area contributed by atoms with E-state index in [4.69, 9.17) is 5.73 Å². The first-order valence-electron chi connectivity index (χ1n) is 6.09. The molecule has 0 aliphatic heterocycles. The fourth-order valence-electron chi connectivity index (χ4n) is 1.98. The van der Waals surface area contributed by atoms with Crippen LogP contribution in [0.15, 0.2) is 36.4 Å². The van der Waals surface area contributed by atoms with Gasteiger partial charge in [-0.25, -0.2) is 4.39 Å². The van der Waals surface area contributed by atoms with Gasteiger partial charge in [0.2, 0.25) is 5.91 Å². The van der Waals surface area contributed by atoms with Crippen molar-refractivity contribution >= 4 is 11.6 Å². The lowest BCUT2D eigenvalue weighted by Gasteiger charge is -2.12. The lowest BCUT2D eigenvalue weighted by molar-refractivity contribution is 0.1000. The van der Waals surface area contributed by atoms with Crippen molar-refractivity contribution in [2.75, 3.05) is 5.32 Å². The summed E-state index contributed by atoms with van der Waals surface area (Å²) in [4.78, 5) is 11.3. The molecule has 1 amide bonds. The summed E-state index contributed by atoms with van der Waals surface area (Å²) < 4.78 is 13.1. The predicted molar refractivity (Wildman–Crippen MR) is 75.1 cm³/mol. The molecule has 0 aliphatic carbocycles. The molecule has 5 heteroatoms. The number of carbonyl (C=O) groups is 1. The van der Waals surface area contributed by atoms with Crippen molar-refractivity contribution in [2.45, 2.75) is 13.5 Å². The van der Waals surface area contributed by atoms with Crippen LogP contribution in [0.5, 0.6) is 5.75 Å². The number of halogens is 1. The molecule has 4 N–H and O–H groups in total. The second-order valence-corrected chi connectivity index (χ2v) is 4.47. The molecule has 0 unspecified atom stereocenters. The maximum Gasteiger partial charge on any atom is 0.249 e. The number of hydrogen-bond acceptors (Lipinski definition) is 3. The van der Waals surface area contributed by atoms with Crippen LogP contribution in [0.2, 0.25) is 0 Å². The number of phenolic OH excluding ortho intramolecular Hbond substituents is 1. The standard InChI is InChI=1S/C15H15FN2O2/c1-9-12(15(17)20)3-2-4-13(9)18-8-10-7-11(16)5-6-14(10)19/h2-7,18-19H,8H2,1H3,(H2,17,20). The zero-order valence-corrected chi connectivity index (χ0v) is 11.0. The number of primary amides is 1. The Bertz CT molecular complexity index is 656. The molecular weight excluding hydrogens is 259 g/mol. The summed E-state index contributed by atoms with van der Waals surface area (Å²) in [6.45, 7) is 2.01. The molecule has 2 aromatic carbocycles. The molecule has 0 radical (unpaired) electrons. The average molecular weight is 274 g/mol. The molecule has 2 aromatic rings. The van der Waals surface area contributed by atoms with Crippen molar-refractivity contribution in [3.63, 3.8) is 0 Å². The molecule has 0 fully saturated rings. The minimum absolute atomic E-state index is 0.0163. The molecule has 0 heterocycles. The van der Waals surface area contributed by atoms with Crippen LogP contribution in [-0.2, 0) is 6.54 Å². The van der Waals surface area contributed by atoms with Crippen molar-refractivity contribution in [1.82, 2.24) is 0 Å². The Morgan fingerprint density at radius 2 is 2.10 bits per heavy atom. The molecule has 4 nitrogen and oxygen atoms in total. The van der Waals surface area contributed by atoms with Gasteiger partial charge >= 0.3 is 0 Å². The van der Waals surface area contributed by atoms with Crippen LogP contribution in [0, 0.1) is 12.7 Å². The van der Waals surface area contributed by atoms with Crippen molar-refractivity contribution in [1.29, 1.82) is 0 Å². The topological polar surface area (TPSA) is 75.3 Å². The van der Waals surface area contributed by atoms with Crippen LogP contribution in [0.4, 0.5) is 10.1 Å². The quantitative estimate of drug-likeness (QED) is 0.802. The van der Waals surface area contributed by atoms with Gasteiger partial charge in [-0.05, 0) is 42.8 Å². The fraction of sp³-hybridized carbons (Fsp3) is 0.133. The van der Waals surface area contributed by atoms with Gasteiger partial charge < -0.3 is 16.2 Å². The van der Waals surface area contributed by atoms with E-state index in [1.54, 1.807) is 25.1 Å². The Morgan fingerprint density at radius 1 is 1.35 bits per heavy atom. The second-order valence-electron chi connectivity index (χ2n) is 4.47. The van der Waals surface area contributed by atoms with E-state index < -0.39 is 11.7 Å². The molecule has 0 spiro atoms. The van der Waals surface area contributed by atoms with Crippen LogP contribution < -0.4 is 11.1 Å². The normalized spacial score (nSPS) is 10.3. The van der Waals surface area contributed by atoms with Crippen LogP contribution in [0.1, 0.15) is 21.5 Å². The van der Waals surface area contributed by atoms with Crippen LogP contribution >= 0.6 is 0 Å². The summed E-state index contributed by atoms with van der Waals surface area (Å²) in [5, 5.41) is 12.7. The van der Waals surface area contributed by atoms with E-state index >= 15 is 0 Å². The summed E-state index contributed by atoms with van der Waals surface area (Å²) in [7, 11) is 0. The fourth-order valence-corrected chi connectivity index (χ4v) is 1.98. The Balaban J connectivity index is 2.21. The van der Waals surface area contributed by atoms with E-state index in [-0.39, 0.29) is 12.3 Å². The Kier molecular flexibility index (Phi) is 3.89. The van der Waals surface area contributed by atoms with Gasteiger partial charge in [-0.1, -0.05) is 6.07 Å². The first kappa shape index (κ1) is 13.9. The number of anilines is 1. The van der Waals surface area contributed by atoms with Gasteiger partial charge in [0, 0.05) is 23.4 Å². The van der Waals surface area contributed by atoms with Crippen molar-refractivity contribution < 1.29 is 14.3 Å². The molecule has 104 valence electrons. The van der Waals surface area contributed by atoms with E-state index in [2.05, 4.69) is 5.32 Å². The average Bonchev–Trinajstić information content (AvgIpc) is 2.41. The van der Waals surface area contributed by atoms with Gasteiger partial charge in [-0.2, -0.15) is 0 Å². The monoisotopic (exact) mass is 274 g/mol. The Labute approximate surface area is 116 Å². The number of nitrogens with two attached hydrogens (primary N) is 1. The molecule has 20 heavy (non-hydrogen) atoms. The van der Waals surface area contributed by atoms with Crippen molar-refractivity contribution in [2.24, 2.45) is 5.73 Å². The lowest BCUT2D eigenvalue weighted by Crippen LogP contribution is -2.14. The van der Waals surface area contributed by atoms with Crippen LogP contribution in [-0.4, -0.2) is 11.0 Å². The summed E-state index contributed by atoms with van der Waals surface area (Å²) in [6, 6.07) is 8.90. The maximum absolute atomic E-state index is 13.1. The maximum atomic E-state index is 13.1. The number of hydrogen-bond donors (Lipinski definition) is 3. The van der Waals surface area contributed by atoms with Crippen molar-refractivity contribution in [3.05, 3.63) is 58.9 Å². The Hall–Kier alpha value is -2.56. The zero-order chi connectivity index (χ0) is 14.7. The molecule has 0 saturated heterocycles. The minimum atomic E-state index is -0.500. The Morgan fingerprint density at radius 3 is 2.80 bits per heavy atom. The smallest absolute Gasteiger partial charge is 0.249 e. The number of amides is 1. The summed E-state index contributed by atoms with van der Waals surface area (Å²) in [5.74, 6) is -0.899. The van der Waals surface area contributed by atoms with Gasteiger partial charge in [-0.15, -0.1) is 0 Å². The van der Waals surface area contributed by atoms with Crippen LogP contribution in [0.3, 0.4) is 0 Å². The number of nitrogens with one attached hydrogen (secondary N) is 1. The first-order valence-corrected chi connectivity index (χ1v) is 6.09. The second kappa shape index (κ2) is 5.61. The molecule has 0 bridgehead atoms. The summed E-state index contributed by atoms with van der Waals surface area (Å²) in [6.07, 6.45) is 0. The number of benzene rings is 2. The summed E-state index contributed by atoms with van der Waals surface area (Å²) in [5.41, 5.74) is 7.58. The minimum Gasteiger partial charge on any atom is -0.508 e. The third-order valence-corrected chi connectivity index (χ3v) is 3.11. The van der Waals surface area contributed by atoms with Gasteiger partial charge in [-0.3, -0.25) is 4.79 Å². The molecule has 0 atom stereocenters. The van der Waals surface area contributed by atoms with E-state index in [1.807, 2.05) is 0 Å². The van der Waals surface area contributed by atoms with Gasteiger partial charge in [0.05, 0.1) is 0 Å². The highest BCUT2D eigenvalue weighted by Crippen LogP contribution is 2.22. The first-order chi connectivity index (χ1) is 9.49. The van der Waals surface area contributed by atoms with Gasteiger partial charge in [0.25, 0.3) is 0 Å². The van der Waals surface area contributed by atoms with Gasteiger partial charge in [0.1, 0.15) is 11.6 Å². The highest BCUT2D eigenvalue weighted by Gasteiger charge is 2.09. The highest BCUT2D eigenvalue weighted by atomic mass is 19.1.